The van der Waals surface area contributed by atoms with Crippen molar-refractivity contribution >= 4 is 15.9 Å². The first-order valence-corrected chi connectivity index (χ1v) is 7.90. The van der Waals surface area contributed by atoms with Crippen molar-refractivity contribution in [1.82, 2.24) is 10.2 Å². The van der Waals surface area contributed by atoms with Crippen molar-refractivity contribution in [1.29, 1.82) is 0 Å². The van der Waals surface area contributed by atoms with Gasteiger partial charge in [-0.25, -0.2) is 0 Å². The van der Waals surface area contributed by atoms with Gasteiger partial charge in [0.15, 0.2) is 0 Å². The van der Waals surface area contributed by atoms with Gasteiger partial charge < -0.3 is 4.74 Å². The zero-order valence-electron chi connectivity index (χ0n) is 12.6. The van der Waals surface area contributed by atoms with Crippen molar-refractivity contribution in [2.75, 3.05) is 7.11 Å². The lowest BCUT2D eigenvalue weighted by Crippen LogP contribution is -1.96. The zero-order valence-corrected chi connectivity index (χ0v) is 14.1. The standard InChI is InChI=1S/C18H17BrN2O/c1-12-16(11-14-5-3-4-6-17(14)22-2)18(21-20-12)13-7-9-15(19)10-8-13/h3-10H,11H2,1-2H3,(H,20,21). The summed E-state index contributed by atoms with van der Waals surface area (Å²) >= 11 is 3.47. The molecule has 0 radical (unpaired) electrons. The summed E-state index contributed by atoms with van der Waals surface area (Å²) in [7, 11) is 1.71. The fraction of sp³-hybridized carbons (Fsp3) is 0.167. The van der Waals surface area contributed by atoms with Crippen LogP contribution < -0.4 is 4.74 Å². The molecular weight excluding hydrogens is 340 g/mol. The van der Waals surface area contributed by atoms with Crippen LogP contribution in [0.5, 0.6) is 5.75 Å². The van der Waals surface area contributed by atoms with Crippen LogP contribution in [0.4, 0.5) is 0 Å². The number of ether oxygens (including phenoxy) is 1. The Hall–Kier alpha value is -2.07. The van der Waals surface area contributed by atoms with Crippen LogP contribution in [0.3, 0.4) is 0 Å². The normalized spacial score (nSPS) is 10.7. The summed E-state index contributed by atoms with van der Waals surface area (Å²) in [5.41, 5.74) is 5.55. The molecule has 2 aromatic carbocycles. The maximum atomic E-state index is 5.46. The number of aryl methyl sites for hydroxylation is 1. The Kier molecular flexibility index (Phi) is 4.29. The highest BCUT2D eigenvalue weighted by Gasteiger charge is 2.14. The molecular formula is C18H17BrN2O. The summed E-state index contributed by atoms with van der Waals surface area (Å²) in [5, 5.41) is 7.59. The van der Waals surface area contributed by atoms with Crippen LogP contribution in [0, 0.1) is 6.92 Å². The minimum atomic E-state index is 0.789. The SMILES string of the molecule is COc1ccccc1Cc1c(-c2ccc(Br)cc2)n[nH]c1C. The number of benzene rings is 2. The van der Waals surface area contributed by atoms with E-state index in [0.29, 0.717) is 0 Å². The quantitative estimate of drug-likeness (QED) is 0.732. The van der Waals surface area contributed by atoms with Crippen molar-refractivity contribution in [3.05, 3.63) is 69.8 Å². The molecule has 4 heteroatoms. The van der Waals surface area contributed by atoms with Crippen molar-refractivity contribution in [2.45, 2.75) is 13.3 Å². The van der Waals surface area contributed by atoms with E-state index in [2.05, 4.69) is 51.3 Å². The average Bonchev–Trinajstić information content (AvgIpc) is 2.90. The van der Waals surface area contributed by atoms with Crippen molar-refractivity contribution in [3.8, 4) is 17.0 Å². The van der Waals surface area contributed by atoms with Crippen LogP contribution in [0.2, 0.25) is 0 Å². The van der Waals surface area contributed by atoms with Crippen LogP contribution in [0.1, 0.15) is 16.8 Å². The highest BCUT2D eigenvalue weighted by atomic mass is 79.9. The predicted molar refractivity (Wildman–Crippen MR) is 92.3 cm³/mol. The second-order valence-corrected chi connectivity index (χ2v) is 6.09. The van der Waals surface area contributed by atoms with E-state index < -0.39 is 0 Å². The molecule has 0 fully saturated rings. The van der Waals surface area contributed by atoms with Crippen molar-refractivity contribution in [3.63, 3.8) is 0 Å². The predicted octanol–water partition coefficient (Wildman–Crippen LogP) is 4.75. The number of halogens is 1. The topological polar surface area (TPSA) is 37.9 Å². The van der Waals surface area contributed by atoms with Gasteiger partial charge in [-0.2, -0.15) is 5.10 Å². The Morgan fingerprint density at radius 3 is 2.55 bits per heavy atom. The second-order valence-electron chi connectivity index (χ2n) is 5.17. The van der Waals surface area contributed by atoms with Crippen molar-refractivity contribution < 1.29 is 4.74 Å². The van der Waals surface area contributed by atoms with Gasteiger partial charge in [-0.05, 0) is 30.7 Å². The minimum Gasteiger partial charge on any atom is -0.496 e. The number of nitrogens with zero attached hydrogens (tertiary/aromatic N) is 1. The van der Waals surface area contributed by atoms with Gasteiger partial charge >= 0.3 is 0 Å². The molecule has 0 bridgehead atoms. The van der Waals surface area contributed by atoms with Gasteiger partial charge in [0.05, 0.1) is 12.8 Å². The number of aromatic amines is 1. The number of nitrogens with one attached hydrogen (secondary N) is 1. The fourth-order valence-electron chi connectivity index (χ4n) is 2.55. The van der Waals surface area contributed by atoms with Gasteiger partial charge in [-0.15, -0.1) is 0 Å². The first-order chi connectivity index (χ1) is 10.7. The van der Waals surface area contributed by atoms with E-state index in [0.717, 1.165) is 39.2 Å². The zero-order chi connectivity index (χ0) is 15.5. The van der Waals surface area contributed by atoms with E-state index in [-0.39, 0.29) is 0 Å². The highest BCUT2D eigenvalue weighted by Crippen LogP contribution is 2.29. The lowest BCUT2D eigenvalue weighted by Gasteiger charge is -2.09. The van der Waals surface area contributed by atoms with E-state index in [9.17, 15) is 0 Å². The molecule has 0 unspecified atom stereocenters. The molecule has 22 heavy (non-hydrogen) atoms. The molecule has 0 aliphatic heterocycles. The Bertz CT molecular complexity index is 778. The van der Waals surface area contributed by atoms with E-state index >= 15 is 0 Å². The van der Waals surface area contributed by atoms with E-state index in [1.54, 1.807) is 7.11 Å². The lowest BCUT2D eigenvalue weighted by molar-refractivity contribution is 0.410. The van der Waals surface area contributed by atoms with Gasteiger partial charge in [-0.3, -0.25) is 5.10 Å². The lowest BCUT2D eigenvalue weighted by atomic mass is 9.99. The van der Waals surface area contributed by atoms with Crippen LogP contribution in [-0.4, -0.2) is 17.3 Å². The maximum Gasteiger partial charge on any atom is 0.122 e. The number of para-hydroxylation sites is 1. The summed E-state index contributed by atoms with van der Waals surface area (Å²) in [4.78, 5) is 0. The molecule has 112 valence electrons. The van der Waals surface area contributed by atoms with E-state index in [4.69, 9.17) is 4.74 Å². The smallest absolute Gasteiger partial charge is 0.122 e. The Balaban J connectivity index is 2.01. The third-order valence-corrected chi connectivity index (χ3v) is 4.28. The Morgan fingerprint density at radius 1 is 1.09 bits per heavy atom. The van der Waals surface area contributed by atoms with Gasteiger partial charge in [-0.1, -0.05) is 46.3 Å². The number of aromatic nitrogens is 2. The third kappa shape index (κ3) is 2.92. The Labute approximate surface area is 138 Å². The number of H-pyrrole nitrogens is 1. The van der Waals surface area contributed by atoms with Gasteiger partial charge in [0.1, 0.15) is 5.75 Å². The molecule has 0 aliphatic rings. The van der Waals surface area contributed by atoms with Gasteiger partial charge in [0, 0.05) is 27.7 Å². The van der Waals surface area contributed by atoms with E-state index in [1.165, 1.54) is 5.56 Å². The molecule has 0 spiro atoms. The van der Waals surface area contributed by atoms with Gasteiger partial charge in [0.25, 0.3) is 0 Å². The molecule has 0 atom stereocenters. The maximum absolute atomic E-state index is 5.46. The van der Waals surface area contributed by atoms with Crippen molar-refractivity contribution in [2.24, 2.45) is 0 Å². The number of hydrogen-bond acceptors (Lipinski definition) is 2. The molecule has 3 rings (SSSR count). The average molecular weight is 357 g/mol. The molecule has 0 saturated heterocycles. The summed E-state index contributed by atoms with van der Waals surface area (Å²) in [6, 6.07) is 16.3. The summed E-state index contributed by atoms with van der Waals surface area (Å²) in [6.45, 7) is 2.06. The number of methoxy groups -OCH3 is 1. The number of hydrogen-bond donors (Lipinski definition) is 1. The van der Waals surface area contributed by atoms with Crippen LogP contribution in [0.25, 0.3) is 11.3 Å². The molecule has 0 aliphatic carbocycles. The third-order valence-electron chi connectivity index (χ3n) is 3.75. The first-order valence-electron chi connectivity index (χ1n) is 7.10. The van der Waals surface area contributed by atoms with Crippen LogP contribution in [-0.2, 0) is 6.42 Å². The van der Waals surface area contributed by atoms with Crippen LogP contribution in [0.15, 0.2) is 53.0 Å². The summed E-state index contributed by atoms with van der Waals surface area (Å²) < 4.78 is 6.52. The fourth-order valence-corrected chi connectivity index (χ4v) is 2.82. The molecule has 0 saturated carbocycles. The summed E-state index contributed by atoms with van der Waals surface area (Å²) in [5.74, 6) is 0.907. The Morgan fingerprint density at radius 2 is 1.82 bits per heavy atom. The molecule has 1 heterocycles. The first kappa shape index (κ1) is 14.9. The minimum absolute atomic E-state index is 0.789. The highest BCUT2D eigenvalue weighted by molar-refractivity contribution is 9.10. The van der Waals surface area contributed by atoms with Crippen LogP contribution >= 0.6 is 15.9 Å². The summed E-state index contributed by atoms with van der Waals surface area (Å²) in [6.07, 6.45) is 0.789. The molecule has 0 amide bonds. The number of rotatable bonds is 4. The largest absolute Gasteiger partial charge is 0.496 e. The molecule has 1 aromatic heterocycles. The monoisotopic (exact) mass is 356 g/mol. The molecule has 3 nitrogen and oxygen atoms in total. The van der Waals surface area contributed by atoms with E-state index in [1.807, 2.05) is 30.3 Å². The molecule has 1 N–H and O–H groups in total. The molecule has 3 aromatic rings. The van der Waals surface area contributed by atoms with Gasteiger partial charge in [0.2, 0.25) is 0 Å². The second kappa shape index (κ2) is 6.36.